The first kappa shape index (κ1) is 21.9. The van der Waals surface area contributed by atoms with Crippen molar-refractivity contribution in [2.24, 2.45) is 10.2 Å². The predicted molar refractivity (Wildman–Crippen MR) is 134 cm³/mol. The summed E-state index contributed by atoms with van der Waals surface area (Å²) in [5, 5.41) is 42.5. The van der Waals surface area contributed by atoms with Gasteiger partial charge in [-0.2, -0.15) is 11.3 Å². The molecule has 0 spiro atoms. The molecule has 0 aliphatic rings. The summed E-state index contributed by atoms with van der Waals surface area (Å²) in [4.78, 5) is 14.9. The first-order valence-electron chi connectivity index (χ1n) is 10.3. The molecule has 0 radical (unpaired) electrons. The molecule has 0 aliphatic heterocycles. The van der Waals surface area contributed by atoms with E-state index in [-0.39, 0.29) is 28.6 Å². The first-order chi connectivity index (χ1) is 17.0. The van der Waals surface area contributed by atoms with Gasteiger partial charge >= 0.3 is 5.97 Å². The molecule has 2 aromatic heterocycles. The monoisotopic (exact) mass is 480 g/mol. The van der Waals surface area contributed by atoms with E-state index in [4.69, 9.17) is 6.57 Å². The molecule has 0 amide bonds. The van der Waals surface area contributed by atoms with E-state index in [0.717, 1.165) is 0 Å². The third-order valence-corrected chi connectivity index (χ3v) is 6.28. The number of phenolic OH excluding ortho intramolecular Hbond substituents is 1. The van der Waals surface area contributed by atoms with Gasteiger partial charge in [0.25, 0.3) is 5.00 Å². The van der Waals surface area contributed by atoms with Gasteiger partial charge in [-0.25, -0.2) is 9.64 Å². The van der Waals surface area contributed by atoms with Gasteiger partial charge in [-0.15, -0.1) is 10.2 Å². The highest BCUT2D eigenvalue weighted by Gasteiger charge is 2.20. The van der Waals surface area contributed by atoms with Crippen molar-refractivity contribution >= 4 is 44.6 Å². The Labute approximate surface area is 203 Å². The second-order valence-corrected chi connectivity index (χ2v) is 8.40. The molecule has 0 aliphatic carbocycles. The molecule has 3 N–H and O–H groups in total. The highest BCUT2D eigenvalue weighted by molar-refractivity contribution is 7.14. The first-order valence-corrected chi connectivity index (χ1v) is 11.2. The normalized spacial score (nSPS) is 11.2. The number of benzene rings is 3. The van der Waals surface area contributed by atoms with Crippen LogP contribution in [0.4, 0.5) is 16.4 Å². The Kier molecular flexibility index (Phi) is 5.49. The number of thiophene rings is 1. The summed E-state index contributed by atoms with van der Waals surface area (Å²) in [6, 6.07) is 20.1. The van der Waals surface area contributed by atoms with E-state index in [1.54, 1.807) is 52.4 Å². The summed E-state index contributed by atoms with van der Waals surface area (Å²) in [7, 11) is 0. The van der Waals surface area contributed by atoms with Crippen molar-refractivity contribution in [1.82, 2.24) is 4.57 Å². The standard InChI is InChI=1S/C26H16N4O4S/c1-27-24-21(12-13-35-24)30-20-11-3-2-8-18(20)22(25(30)32)29-28-19-10-5-9-17(23(19)31)15-6-4-7-16(14-15)26(33)34/h2-14,31-32H,(H,33,34). The van der Waals surface area contributed by atoms with E-state index in [9.17, 15) is 20.1 Å². The van der Waals surface area contributed by atoms with Crippen LogP contribution in [0.5, 0.6) is 11.6 Å². The van der Waals surface area contributed by atoms with Crippen LogP contribution in [0.2, 0.25) is 0 Å². The van der Waals surface area contributed by atoms with E-state index in [1.807, 2.05) is 18.2 Å². The summed E-state index contributed by atoms with van der Waals surface area (Å²) < 4.78 is 1.56. The summed E-state index contributed by atoms with van der Waals surface area (Å²) >= 11 is 1.28. The molecule has 5 aromatic rings. The molecule has 2 heterocycles. The molecule has 3 aromatic carbocycles. The zero-order valence-electron chi connectivity index (χ0n) is 18.0. The smallest absolute Gasteiger partial charge is 0.335 e. The van der Waals surface area contributed by atoms with Gasteiger partial charge in [0.2, 0.25) is 5.88 Å². The van der Waals surface area contributed by atoms with E-state index >= 15 is 0 Å². The maximum absolute atomic E-state index is 11.3. The van der Waals surface area contributed by atoms with Crippen LogP contribution in [0, 0.1) is 6.57 Å². The molecule has 0 bridgehead atoms. The number of azo groups is 1. The molecule has 0 unspecified atom stereocenters. The van der Waals surface area contributed by atoms with Gasteiger partial charge in [-0.1, -0.05) is 42.5 Å². The van der Waals surface area contributed by atoms with Crippen molar-refractivity contribution in [2.75, 3.05) is 0 Å². The molecule has 0 atom stereocenters. The zero-order chi connectivity index (χ0) is 24.5. The minimum atomic E-state index is -1.07. The number of carbonyl (C=O) groups is 1. The van der Waals surface area contributed by atoms with E-state index in [1.165, 1.54) is 23.5 Å². The molecule has 8 nitrogen and oxygen atoms in total. The van der Waals surface area contributed by atoms with Crippen molar-refractivity contribution < 1.29 is 20.1 Å². The lowest BCUT2D eigenvalue weighted by atomic mass is 10.0. The van der Waals surface area contributed by atoms with Gasteiger partial charge in [0.15, 0.2) is 11.4 Å². The number of rotatable bonds is 5. The number of phenols is 1. The van der Waals surface area contributed by atoms with Crippen molar-refractivity contribution in [3.05, 3.63) is 95.2 Å². The predicted octanol–water partition coefficient (Wildman–Crippen LogP) is 7.43. The van der Waals surface area contributed by atoms with Gasteiger partial charge < -0.3 is 15.3 Å². The highest BCUT2D eigenvalue weighted by atomic mass is 32.1. The Hall–Kier alpha value is -4.94. The second kappa shape index (κ2) is 8.78. The molecule has 0 saturated heterocycles. The number of aromatic hydroxyl groups is 2. The number of hydrogen-bond acceptors (Lipinski definition) is 6. The fourth-order valence-corrected chi connectivity index (χ4v) is 4.53. The lowest BCUT2D eigenvalue weighted by Crippen LogP contribution is -1.95. The van der Waals surface area contributed by atoms with Gasteiger partial charge in [-0.3, -0.25) is 4.57 Å². The number of aromatic nitrogens is 1. The third kappa shape index (κ3) is 3.78. The Bertz CT molecular complexity index is 1680. The molecular weight excluding hydrogens is 464 g/mol. The Morgan fingerprint density at radius 3 is 2.57 bits per heavy atom. The summed E-state index contributed by atoms with van der Waals surface area (Å²) in [5.74, 6) is -1.42. The number of nitrogens with zero attached hydrogens (tertiary/aromatic N) is 4. The number of carboxylic acids is 1. The van der Waals surface area contributed by atoms with Crippen LogP contribution in [0.3, 0.4) is 0 Å². The zero-order valence-corrected chi connectivity index (χ0v) is 18.8. The topological polar surface area (TPSA) is 112 Å². The Morgan fingerprint density at radius 1 is 0.971 bits per heavy atom. The van der Waals surface area contributed by atoms with Crippen molar-refractivity contribution in [3.63, 3.8) is 0 Å². The fourth-order valence-electron chi connectivity index (χ4n) is 3.87. The van der Waals surface area contributed by atoms with E-state index < -0.39 is 5.97 Å². The number of fused-ring (bicyclic) bond motifs is 1. The average Bonchev–Trinajstić information content (AvgIpc) is 3.44. The van der Waals surface area contributed by atoms with Gasteiger partial charge in [0.05, 0.1) is 23.3 Å². The summed E-state index contributed by atoms with van der Waals surface area (Å²) in [6.45, 7) is 7.42. The van der Waals surface area contributed by atoms with Crippen LogP contribution >= 0.6 is 11.3 Å². The van der Waals surface area contributed by atoms with E-state index in [2.05, 4.69) is 15.1 Å². The SMILES string of the molecule is [C-]#[N+]c1sccc1-n1c(O)c(N=Nc2cccc(-c3cccc(C(=O)O)c3)c2O)c2ccccc21. The maximum Gasteiger partial charge on any atom is 0.335 e. The van der Waals surface area contributed by atoms with Crippen molar-refractivity contribution in [1.29, 1.82) is 0 Å². The van der Waals surface area contributed by atoms with Crippen LogP contribution in [0.25, 0.3) is 32.6 Å². The van der Waals surface area contributed by atoms with Crippen LogP contribution in [0.1, 0.15) is 10.4 Å². The lowest BCUT2D eigenvalue weighted by Gasteiger charge is -2.07. The molecule has 9 heteroatoms. The summed E-state index contributed by atoms with van der Waals surface area (Å²) in [6.07, 6.45) is 0. The average molecular weight is 481 g/mol. The minimum Gasteiger partial charge on any atom is -0.505 e. The second-order valence-electron chi connectivity index (χ2n) is 7.51. The quantitative estimate of drug-likeness (QED) is 0.179. The molecule has 170 valence electrons. The molecule has 0 fully saturated rings. The largest absolute Gasteiger partial charge is 0.505 e. The fraction of sp³-hybridized carbons (Fsp3) is 0. The van der Waals surface area contributed by atoms with Crippen molar-refractivity contribution in [2.45, 2.75) is 0 Å². The highest BCUT2D eigenvalue weighted by Crippen LogP contribution is 2.45. The van der Waals surface area contributed by atoms with Crippen LogP contribution in [0.15, 0.2) is 88.4 Å². The number of para-hydroxylation sites is 2. The molecule has 35 heavy (non-hydrogen) atoms. The van der Waals surface area contributed by atoms with Crippen molar-refractivity contribution in [3.8, 4) is 28.4 Å². The van der Waals surface area contributed by atoms with Crippen LogP contribution in [-0.2, 0) is 0 Å². The molecule has 5 rings (SSSR count). The number of aromatic carboxylic acids is 1. The third-order valence-electron chi connectivity index (χ3n) is 5.48. The van der Waals surface area contributed by atoms with Crippen LogP contribution < -0.4 is 0 Å². The summed E-state index contributed by atoms with van der Waals surface area (Å²) in [5.41, 5.74) is 2.56. The number of carboxylic acid groups (broad SMARTS) is 1. The van der Waals surface area contributed by atoms with Gasteiger partial charge in [0, 0.05) is 10.9 Å². The number of hydrogen-bond donors (Lipinski definition) is 3. The minimum absolute atomic E-state index is 0.0962. The van der Waals surface area contributed by atoms with Gasteiger partial charge in [0.1, 0.15) is 5.69 Å². The Morgan fingerprint density at radius 2 is 1.77 bits per heavy atom. The van der Waals surface area contributed by atoms with E-state index in [0.29, 0.717) is 32.7 Å². The van der Waals surface area contributed by atoms with Crippen LogP contribution in [-0.4, -0.2) is 25.9 Å². The lowest BCUT2D eigenvalue weighted by molar-refractivity contribution is 0.0697. The molecular formula is C26H16N4O4S. The maximum atomic E-state index is 11.3. The van der Waals surface area contributed by atoms with Gasteiger partial charge in [-0.05, 0) is 41.3 Å². The molecule has 0 saturated carbocycles. The Balaban J connectivity index is 1.61.